The standard InChI is InChI=1S/C16H17NO3S.C11H12O2.C5H7NO2/c1-3-20-16(19)13-10(2)14(21-15(13)17)12(18)9-11-7-5-4-6-8-11;1-9(12)7-11(13)8-10-5-3-2-4-6-10;1-3-8-5(7)4-6-2/h4-8H,3,9,17H2,1-2H3;2-6H,7-8H2,1H3;3-4H2,1H3. The van der Waals surface area contributed by atoms with Crippen LogP contribution < -0.4 is 5.73 Å². The Labute approximate surface area is 250 Å². The third-order valence-electron chi connectivity index (χ3n) is 5.32. The number of Topliss-reactive ketones (excluding diaryl/α,β-unsaturated/α-hetero) is 3. The lowest BCUT2D eigenvalue weighted by Crippen LogP contribution is -2.09. The van der Waals surface area contributed by atoms with Gasteiger partial charge in [0.25, 0.3) is 0 Å². The lowest BCUT2D eigenvalue weighted by Gasteiger charge is -2.03. The minimum Gasteiger partial charge on any atom is -0.462 e. The van der Waals surface area contributed by atoms with Gasteiger partial charge < -0.3 is 20.1 Å². The number of anilines is 1. The molecule has 222 valence electrons. The second-order valence-electron chi connectivity index (χ2n) is 8.80. The van der Waals surface area contributed by atoms with E-state index in [0.717, 1.165) is 22.5 Å². The molecule has 3 aromatic rings. The Bertz CT molecular complexity index is 1380. The highest BCUT2D eigenvalue weighted by Crippen LogP contribution is 2.32. The second-order valence-corrected chi connectivity index (χ2v) is 9.85. The average Bonchev–Trinajstić information content (AvgIpc) is 3.24. The summed E-state index contributed by atoms with van der Waals surface area (Å²) in [6, 6.07) is 18.9. The first kappa shape index (κ1) is 35.4. The molecule has 10 heteroatoms. The molecule has 0 atom stereocenters. The first-order valence-electron chi connectivity index (χ1n) is 13.2. The summed E-state index contributed by atoms with van der Waals surface area (Å²) in [7, 11) is 0. The normalized spacial score (nSPS) is 9.60. The molecule has 9 nitrogen and oxygen atoms in total. The minimum atomic E-state index is -0.470. The van der Waals surface area contributed by atoms with E-state index in [1.165, 1.54) is 6.92 Å². The van der Waals surface area contributed by atoms with Crippen molar-refractivity contribution in [3.05, 3.63) is 99.2 Å². The Balaban J connectivity index is 0.000000357. The summed E-state index contributed by atoms with van der Waals surface area (Å²) >= 11 is 1.15. The van der Waals surface area contributed by atoms with Gasteiger partial charge in [-0.05, 0) is 44.4 Å². The summed E-state index contributed by atoms with van der Waals surface area (Å²) < 4.78 is 9.41. The van der Waals surface area contributed by atoms with Crippen molar-refractivity contribution in [3.63, 3.8) is 0 Å². The molecule has 0 aliphatic rings. The van der Waals surface area contributed by atoms with Gasteiger partial charge in [-0.2, -0.15) is 0 Å². The molecule has 0 amide bonds. The molecule has 0 saturated heterocycles. The van der Waals surface area contributed by atoms with Crippen molar-refractivity contribution in [1.29, 1.82) is 0 Å². The van der Waals surface area contributed by atoms with E-state index in [4.69, 9.17) is 17.0 Å². The van der Waals surface area contributed by atoms with Crippen molar-refractivity contribution in [1.82, 2.24) is 0 Å². The molecule has 1 aromatic heterocycles. The zero-order chi connectivity index (χ0) is 31.5. The highest BCUT2D eigenvalue weighted by molar-refractivity contribution is 7.18. The fraction of sp³-hybridized carbons (Fsp3) is 0.312. The van der Waals surface area contributed by atoms with Crippen LogP contribution in [0.3, 0.4) is 0 Å². The van der Waals surface area contributed by atoms with Gasteiger partial charge in [-0.1, -0.05) is 60.7 Å². The van der Waals surface area contributed by atoms with Gasteiger partial charge in [0, 0.05) is 12.8 Å². The summed E-state index contributed by atoms with van der Waals surface area (Å²) in [6.07, 6.45) is 0.708. The molecular formula is C32H36N2O7S. The fourth-order valence-electron chi connectivity index (χ4n) is 3.56. The fourth-order valence-corrected chi connectivity index (χ4v) is 4.55. The first-order chi connectivity index (χ1) is 20.0. The SMILES string of the molecule is CC(=O)CC(=O)Cc1ccccc1.CCOC(=O)c1c(N)sc(C(=O)Cc2ccccc2)c1C.[C-]#[N+]CC(=O)OCC. The molecule has 0 aliphatic carbocycles. The highest BCUT2D eigenvalue weighted by Gasteiger charge is 2.24. The van der Waals surface area contributed by atoms with Gasteiger partial charge in [0.1, 0.15) is 16.6 Å². The van der Waals surface area contributed by atoms with Gasteiger partial charge in [0.2, 0.25) is 0 Å². The van der Waals surface area contributed by atoms with E-state index in [1.807, 2.05) is 60.7 Å². The van der Waals surface area contributed by atoms with E-state index in [0.29, 0.717) is 40.5 Å². The number of carbonyl (C=O) groups excluding carboxylic acids is 5. The molecule has 0 fully saturated rings. The van der Waals surface area contributed by atoms with Crippen LogP contribution >= 0.6 is 11.3 Å². The van der Waals surface area contributed by atoms with Crippen LogP contribution in [0.1, 0.15) is 63.9 Å². The quantitative estimate of drug-likeness (QED) is 0.134. The number of ketones is 3. The number of nitrogen functional groups attached to an aromatic ring is 1. The van der Waals surface area contributed by atoms with Crippen molar-refractivity contribution in [2.24, 2.45) is 0 Å². The largest absolute Gasteiger partial charge is 0.462 e. The van der Waals surface area contributed by atoms with Crippen LogP contribution in [-0.2, 0) is 36.7 Å². The molecule has 0 saturated carbocycles. The number of esters is 2. The summed E-state index contributed by atoms with van der Waals surface area (Å²) in [4.78, 5) is 59.6. The zero-order valence-electron chi connectivity index (χ0n) is 24.3. The topological polar surface area (TPSA) is 134 Å². The highest BCUT2D eigenvalue weighted by atomic mass is 32.1. The summed E-state index contributed by atoms with van der Waals surface area (Å²) in [5.74, 6) is -1.03. The van der Waals surface area contributed by atoms with E-state index in [2.05, 4.69) is 9.58 Å². The van der Waals surface area contributed by atoms with Gasteiger partial charge in [0.05, 0.1) is 30.1 Å². The molecule has 0 unspecified atom stereocenters. The van der Waals surface area contributed by atoms with E-state index in [1.54, 1.807) is 20.8 Å². The lowest BCUT2D eigenvalue weighted by molar-refractivity contribution is -0.140. The van der Waals surface area contributed by atoms with E-state index >= 15 is 0 Å². The summed E-state index contributed by atoms with van der Waals surface area (Å²) in [5.41, 5.74) is 8.70. The molecule has 2 aromatic carbocycles. The van der Waals surface area contributed by atoms with Crippen LogP contribution in [0.15, 0.2) is 60.7 Å². The van der Waals surface area contributed by atoms with Crippen LogP contribution in [-0.4, -0.2) is 49.0 Å². The van der Waals surface area contributed by atoms with Crippen molar-refractivity contribution in [2.45, 2.75) is 47.0 Å². The van der Waals surface area contributed by atoms with Gasteiger partial charge in [-0.15, -0.1) is 11.3 Å². The predicted octanol–water partition coefficient (Wildman–Crippen LogP) is 5.49. The Morgan fingerprint density at radius 1 is 0.857 bits per heavy atom. The molecule has 0 bridgehead atoms. The smallest absolute Gasteiger partial charge is 0.387 e. The number of nitrogens with two attached hydrogens (primary N) is 1. The third kappa shape index (κ3) is 13.2. The molecular weight excluding hydrogens is 556 g/mol. The summed E-state index contributed by atoms with van der Waals surface area (Å²) in [5, 5.41) is 0.336. The number of rotatable bonds is 11. The minimum absolute atomic E-state index is 0.0151. The lowest BCUT2D eigenvalue weighted by atomic mass is 10.0. The molecule has 42 heavy (non-hydrogen) atoms. The summed E-state index contributed by atoms with van der Waals surface area (Å²) in [6.45, 7) is 13.3. The molecule has 0 spiro atoms. The number of benzene rings is 2. The average molecular weight is 593 g/mol. The maximum absolute atomic E-state index is 12.4. The maximum atomic E-state index is 12.4. The Morgan fingerprint density at radius 3 is 1.86 bits per heavy atom. The Hall–Kier alpha value is -4.62. The zero-order valence-corrected chi connectivity index (χ0v) is 25.1. The molecule has 0 radical (unpaired) electrons. The maximum Gasteiger partial charge on any atom is 0.387 e. The van der Waals surface area contributed by atoms with Crippen LogP contribution in [0, 0.1) is 13.5 Å². The Morgan fingerprint density at radius 2 is 1.38 bits per heavy atom. The van der Waals surface area contributed by atoms with Crippen LogP contribution in [0.5, 0.6) is 0 Å². The van der Waals surface area contributed by atoms with Crippen LogP contribution in [0.4, 0.5) is 5.00 Å². The van der Waals surface area contributed by atoms with Crippen molar-refractivity contribution < 1.29 is 33.4 Å². The van der Waals surface area contributed by atoms with Crippen molar-refractivity contribution in [2.75, 3.05) is 25.5 Å². The molecule has 0 aliphatic heterocycles. The second kappa shape index (κ2) is 19.5. The number of nitrogens with zero attached hydrogens (tertiary/aromatic N) is 1. The van der Waals surface area contributed by atoms with Gasteiger partial charge in [0.15, 0.2) is 5.78 Å². The van der Waals surface area contributed by atoms with Crippen molar-refractivity contribution >= 4 is 45.6 Å². The molecule has 3 rings (SSSR count). The van der Waals surface area contributed by atoms with Gasteiger partial charge in [-0.3, -0.25) is 14.4 Å². The van der Waals surface area contributed by atoms with Crippen LogP contribution in [0.25, 0.3) is 4.85 Å². The number of thiophene rings is 1. The number of ether oxygens (including phenoxy) is 2. The number of hydrogen-bond acceptors (Lipinski definition) is 9. The van der Waals surface area contributed by atoms with Crippen LogP contribution in [0.2, 0.25) is 0 Å². The van der Waals surface area contributed by atoms with E-state index in [-0.39, 0.29) is 36.9 Å². The molecule has 2 N–H and O–H groups in total. The van der Waals surface area contributed by atoms with Gasteiger partial charge >= 0.3 is 18.5 Å². The first-order valence-corrected chi connectivity index (χ1v) is 14.0. The number of hydrogen-bond donors (Lipinski definition) is 1. The van der Waals surface area contributed by atoms with Gasteiger partial charge in [-0.25, -0.2) is 16.2 Å². The van der Waals surface area contributed by atoms with E-state index in [9.17, 15) is 24.0 Å². The number of carbonyl (C=O) groups is 5. The van der Waals surface area contributed by atoms with Crippen molar-refractivity contribution in [3.8, 4) is 0 Å². The molecule has 1 heterocycles. The predicted molar refractivity (Wildman–Crippen MR) is 162 cm³/mol. The van der Waals surface area contributed by atoms with E-state index < -0.39 is 11.9 Å². The Kier molecular flexibility index (Phi) is 16.4. The monoisotopic (exact) mass is 592 g/mol. The third-order valence-corrected chi connectivity index (χ3v) is 6.48.